The second kappa shape index (κ2) is 15.1. The third kappa shape index (κ3) is 6.99. The molecule has 0 aliphatic carbocycles. The highest BCUT2D eigenvalue weighted by atomic mass is 127. The van der Waals surface area contributed by atoms with Crippen LogP contribution in [0, 0.1) is 3.57 Å². The van der Waals surface area contributed by atoms with Crippen LogP contribution in [0.3, 0.4) is 0 Å². The number of esters is 1. The van der Waals surface area contributed by atoms with Crippen molar-refractivity contribution in [2.75, 3.05) is 27.9 Å². The first kappa shape index (κ1) is 34.0. The van der Waals surface area contributed by atoms with E-state index in [1.165, 1.54) is 18.4 Å². The van der Waals surface area contributed by atoms with Crippen molar-refractivity contribution in [2.45, 2.75) is 19.6 Å². The number of carbonyl (C=O) groups excluding carboxylic acids is 1. The standard InChI is InChI=1S/C38H33IN2O7S/c1-5-47-37(43)32-33(25-14-10-7-11-15-25)40-38-41(34(32)26-16-17-28(44-2)29(21-26)45-3)36(42)31(49-38)20-24-18-27(39)35(30(19-24)46-4)48-22-23-12-8-6-9-13-23/h6-21,34H,5,22H2,1-4H3/b31-20-. The lowest BCUT2D eigenvalue weighted by Crippen LogP contribution is -2.40. The number of halogens is 1. The van der Waals surface area contributed by atoms with Gasteiger partial charge < -0.3 is 23.7 Å². The van der Waals surface area contributed by atoms with E-state index in [4.69, 9.17) is 28.7 Å². The van der Waals surface area contributed by atoms with Gasteiger partial charge >= 0.3 is 5.97 Å². The van der Waals surface area contributed by atoms with Crippen molar-refractivity contribution < 1.29 is 28.5 Å². The average Bonchev–Trinajstić information content (AvgIpc) is 3.44. The zero-order valence-electron chi connectivity index (χ0n) is 27.3. The number of ether oxygens (including phenoxy) is 5. The molecule has 1 atom stereocenters. The lowest BCUT2D eigenvalue weighted by molar-refractivity contribution is -0.138. The summed E-state index contributed by atoms with van der Waals surface area (Å²) in [5, 5.41) is 0. The van der Waals surface area contributed by atoms with Gasteiger partial charge in [-0.1, -0.05) is 78.1 Å². The Morgan fingerprint density at radius 2 is 1.59 bits per heavy atom. The van der Waals surface area contributed by atoms with E-state index in [0.717, 1.165) is 20.3 Å². The Bertz CT molecular complexity index is 2210. The molecule has 49 heavy (non-hydrogen) atoms. The third-order valence-electron chi connectivity index (χ3n) is 7.87. The lowest BCUT2D eigenvalue weighted by atomic mass is 9.93. The number of carbonyl (C=O) groups is 1. The summed E-state index contributed by atoms with van der Waals surface area (Å²) in [5.74, 6) is 1.57. The molecule has 1 aromatic heterocycles. The molecular weight excluding hydrogens is 755 g/mol. The highest BCUT2D eigenvalue weighted by Gasteiger charge is 2.35. The minimum Gasteiger partial charge on any atom is -0.493 e. The molecule has 0 N–H and O–H groups in total. The molecule has 0 saturated heterocycles. The molecule has 5 aromatic rings. The Labute approximate surface area is 300 Å². The maximum absolute atomic E-state index is 14.4. The molecule has 9 nitrogen and oxygen atoms in total. The second-order valence-corrected chi connectivity index (χ2v) is 13.0. The predicted molar refractivity (Wildman–Crippen MR) is 197 cm³/mol. The molecule has 4 aromatic carbocycles. The van der Waals surface area contributed by atoms with Crippen LogP contribution < -0.4 is 33.8 Å². The number of methoxy groups -OCH3 is 3. The Morgan fingerprint density at radius 1 is 0.898 bits per heavy atom. The summed E-state index contributed by atoms with van der Waals surface area (Å²) < 4.78 is 31.4. The van der Waals surface area contributed by atoms with Crippen molar-refractivity contribution in [1.82, 2.24) is 4.57 Å². The first-order valence-electron chi connectivity index (χ1n) is 15.4. The number of nitrogens with zero attached hydrogens (tertiary/aromatic N) is 2. The van der Waals surface area contributed by atoms with Crippen molar-refractivity contribution in [1.29, 1.82) is 0 Å². The molecule has 1 aliphatic heterocycles. The largest absolute Gasteiger partial charge is 0.493 e. The van der Waals surface area contributed by atoms with E-state index >= 15 is 0 Å². The van der Waals surface area contributed by atoms with Gasteiger partial charge in [0.25, 0.3) is 5.56 Å². The minimum atomic E-state index is -0.865. The van der Waals surface area contributed by atoms with Crippen LogP contribution >= 0.6 is 33.9 Å². The van der Waals surface area contributed by atoms with Gasteiger partial charge in [-0.25, -0.2) is 9.79 Å². The van der Waals surface area contributed by atoms with E-state index in [9.17, 15) is 9.59 Å². The molecule has 2 heterocycles. The molecule has 0 spiro atoms. The predicted octanol–water partition coefficient (Wildman–Crippen LogP) is 6.15. The number of thiazole rings is 1. The number of fused-ring (bicyclic) bond motifs is 1. The number of aromatic nitrogens is 1. The summed E-state index contributed by atoms with van der Waals surface area (Å²) in [5.41, 5.74) is 3.50. The van der Waals surface area contributed by atoms with Gasteiger partial charge in [0.05, 0.1) is 53.4 Å². The van der Waals surface area contributed by atoms with Gasteiger partial charge in [-0.05, 0) is 76.5 Å². The van der Waals surface area contributed by atoms with E-state index in [-0.39, 0.29) is 17.7 Å². The first-order chi connectivity index (χ1) is 23.9. The fourth-order valence-corrected chi connectivity index (χ4v) is 7.41. The van der Waals surface area contributed by atoms with Crippen LogP contribution in [0.2, 0.25) is 0 Å². The highest BCUT2D eigenvalue weighted by Crippen LogP contribution is 2.39. The van der Waals surface area contributed by atoms with Gasteiger partial charge in [0.1, 0.15) is 6.61 Å². The fourth-order valence-electron chi connectivity index (χ4n) is 5.62. The Hall–Kier alpha value is -4.88. The number of benzene rings is 4. The number of rotatable bonds is 11. The van der Waals surface area contributed by atoms with E-state index in [1.807, 2.05) is 78.9 Å². The minimum absolute atomic E-state index is 0.152. The average molecular weight is 789 g/mol. The Balaban J connectivity index is 1.53. The third-order valence-corrected chi connectivity index (χ3v) is 9.66. The molecule has 0 amide bonds. The van der Waals surface area contributed by atoms with E-state index in [2.05, 4.69) is 22.6 Å². The monoisotopic (exact) mass is 788 g/mol. The van der Waals surface area contributed by atoms with Crippen molar-refractivity contribution >= 4 is 51.7 Å². The van der Waals surface area contributed by atoms with E-state index in [0.29, 0.717) is 50.2 Å². The number of hydrogen-bond donors (Lipinski definition) is 0. The molecule has 1 unspecified atom stereocenters. The summed E-state index contributed by atoms with van der Waals surface area (Å²) in [6.45, 7) is 2.28. The van der Waals surface area contributed by atoms with Crippen LogP contribution in [0.15, 0.2) is 106 Å². The highest BCUT2D eigenvalue weighted by molar-refractivity contribution is 14.1. The molecule has 0 radical (unpaired) electrons. The summed E-state index contributed by atoms with van der Waals surface area (Å²) in [6.07, 6.45) is 1.80. The summed E-state index contributed by atoms with van der Waals surface area (Å²) in [6, 6.07) is 27.6. The van der Waals surface area contributed by atoms with Gasteiger partial charge in [-0.2, -0.15) is 0 Å². The summed E-state index contributed by atoms with van der Waals surface area (Å²) >= 11 is 3.45. The number of hydrogen-bond acceptors (Lipinski definition) is 9. The molecule has 0 fully saturated rings. The smallest absolute Gasteiger partial charge is 0.338 e. The Kier molecular flexibility index (Phi) is 10.5. The molecule has 250 valence electrons. The van der Waals surface area contributed by atoms with E-state index < -0.39 is 12.0 Å². The zero-order chi connectivity index (χ0) is 34.5. The molecule has 0 saturated carbocycles. The quantitative estimate of drug-likeness (QED) is 0.117. The fraction of sp³-hybridized carbons (Fsp3) is 0.184. The molecule has 6 rings (SSSR count). The van der Waals surface area contributed by atoms with Crippen molar-refractivity contribution in [3.63, 3.8) is 0 Å². The summed E-state index contributed by atoms with van der Waals surface area (Å²) in [7, 11) is 4.68. The first-order valence-corrected chi connectivity index (χ1v) is 17.3. The molecule has 11 heteroatoms. The van der Waals surface area contributed by atoms with Crippen molar-refractivity contribution in [2.24, 2.45) is 4.99 Å². The van der Waals surface area contributed by atoms with Gasteiger partial charge in [-0.3, -0.25) is 9.36 Å². The molecule has 1 aliphatic rings. The topological polar surface area (TPSA) is 97.6 Å². The maximum Gasteiger partial charge on any atom is 0.338 e. The normalized spacial score (nSPS) is 14.1. The zero-order valence-corrected chi connectivity index (χ0v) is 30.2. The van der Waals surface area contributed by atoms with Gasteiger partial charge in [0, 0.05) is 5.56 Å². The van der Waals surface area contributed by atoms with Crippen LogP contribution in [-0.2, 0) is 16.1 Å². The summed E-state index contributed by atoms with van der Waals surface area (Å²) in [4.78, 5) is 33.6. The van der Waals surface area contributed by atoms with Crippen LogP contribution in [0.25, 0.3) is 11.8 Å². The van der Waals surface area contributed by atoms with Gasteiger partial charge in [0.2, 0.25) is 0 Å². The van der Waals surface area contributed by atoms with Gasteiger partial charge in [-0.15, -0.1) is 0 Å². The lowest BCUT2D eigenvalue weighted by Gasteiger charge is -2.26. The van der Waals surface area contributed by atoms with Crippen molar-refractivity contribution in [3.05, 3.63) is 142 Å². The Morgan fingerprint density at radius 3 is 2.27 bits per heavy atom. The van der Waals surface area contributed by atoms with Crippen LogP contribution in [0.5, 0.6) is 23.0 Å². The van der Waals surface area contributed by atoms with E-state index in [1.54, 1.807) is 43.9 Å². The SMILES string of the molecule is CCOC(=O)C1=C(c2ccccc2)N=c2s/c(=C\c3cc(I)c(OCc4ccccc4)c(OC)c3)c(=O)n2C1c1ccc(OC)c(OC)c1. The molecule has 0 bridgehead atoms. The second-order valence-electron chi connectivity index (χ2n) is 10.9. The van der Waals surface area contributed by atoms with Crippen LogP contribution in [0.4, 0.5) is 0 Å². The molecular formula is C38H33IN2O7S. The van der Waals surface area contributed by atoms with Crippen LogP contribution in [0.1, 0.15) is 35.2 Å². The van der Waals surface area contributed by atoms with Crippen molar-refractivity contribution in [3.8, 4) is 23.0 Å². The maximum atomic E-state index is 14.4. The van der Waals surface area contributed by atoms with Gasteiger partial charge in [0.15, 0.2) is 27.8 Å². The van der Waals surface area contributed by atoms with Crippen LogP contribution in [-0.4, -0.2) is 38.5 Å².